The van der Waals surface area contributed by atoms with Gasteiger partial charge in [0.25, 0.3) is 11.8 Å². The molecule has 5 rings (SSSR count). The van der Waals surface area contributed by atoms with Crippen molar-refractivity contribution in [1.82, 2.24) is 4.90 Å². The number of carbonyl (C=O) groups is 4. The molecule has 0 aromatic heterocycles. The molecule has 54 heavy (non-hydrogen) atoms. The predicted molar refractivity (Wildman–Crippen MR) is 198 cm³/mol. The summed E-state index contributed by atoms with van der Waals surface area (Å²) in [6, 6.07) is 13.6. The van der Waals surface area contributed by atoms with Crippen LogP contribution < -0.4 is 10.1 Å². The van der Waals surface area contributed by atoms with Gasteiger partial charge in [-0.25, -0.2) is 0 Å². The summed E-state index contributed by atoms with van der Waals surface area (Å²) in [4.78, 5) is 55.4. The highest BCUT2D eigenvalue weighted by Gasteiger charge is 2.50. The second-order valence-corrected chi connectivity index (χ2v) is 13.5. The lowest BCUT2D eigenvalue weighted by atomic mass is 9.74. The Morgan fingerprint density at radius 1 is 0.963 bits per heavy atom. The average molecular weight is 745 g/mol. The van der Waals surface area contributed by atoms with Crippen LogP contribution in [-0.2, 0) is 31.7 Å². The molecule has 0 heterocycles. The largest absolute Gasteiger partial charge is 0.496 e. The Morgan fingerprint density at radius 2 is 1.70 bits per heavy atom. The van der Waals surface area contributed by atoms with Crippen LogP contribution in [0.25, 0.3) is 11.1 Å². The number of ether oxygens (including phenoxy) is 3. The number of hydrogen-bond donors (Lipinski definition) is 1. The van der Waals surface area contributed by atoms with Crippen molar-refractivity contribution >= 4 is 29.4 Å². The number of alkyl halides is 3. The summed E-state index contributed by atoms with van der Waals surface area (Å²) in [6.07, 6.45) is 5.02. The number of amides is 2. The minimum atomic E-state index is -4.54. The van der Waals surface area contributed by atoms with E-state index in [-0.39, 0.29) is 53.7 Å². The van der Waals surface area contributed by atoms with Crippen LogP contribution in [0.2, 0.25) is 0 Å². The molecule has 2 unspecified atom stereocenters. The standard InChI is InChI=1S/C42H43F3N2O7/c1-6-53-40(51)41(22-21-29-12-9-7-8-11-26(2)37(29)41)25-54-35(48)24-27-15-20-33(32(23-27)39(50)47(3)4)46-38(49)31-13-10-14-34(52-5)36(31)28-16-18-30(19-17-28)42(43,44)45/h7-10,12-20,23,26H,6,11,21-22,24-25H2,1-5H3,(H,46,49)/b8-7+,12-9-. The maximum atomic E-state index is 13.8. The van der Waals surface area contributed by atoms with Gasteiger partial charge in [0.15, 0.2) is 0 Å². The van der Waals surface area contributed by atoms with Crippen LogP contribution in [0, 0.1) is 11.3 Å². The van der Waals surface area contributed by atoms with Gasteiger partial charge in [0.1, 0.15) is 17.8 Å². The van der Waals surface area contributed by atoms with Gasteiger partial charge in [-0.3, -0.25) is 19.2 Å². The van der Waals surface area contributed by atoms with E-state index < -0.39 is 40.9 Å². The third-order valence-electron chi connectivity index (χ3n) is 9.66. The van der Waals surface area contributed by atoms with E-state index >= 15 is 0 Å². The van der Waals surface area contributed by atoms with Crippen molar-refractivity contribution in [3.8, 4) is 16.9 Å². The van der Waals surface area contributed by atoms with Crippen molar-refractivity contribution in [1.29, 1.82) is 0 Å². The first-order valence-electron chi connectivity index (χ1n) is 17.6. The molecule has 2 atom stereocenters. The third kappa shape index (κ3) is 8.43. The number of halogens is 3. The number of anilines is 1. The number of carbonyl (C=O) groups excluding carboxylic acids is 4. The van der Waals surface area contributed by atoms with E-state index in [1.165, 1.54) is 42.3 Å². The van der Waals surface area contributed by atoms with Crippen molar-refractivity contribution in [3.63, 3.8) is 0 Å². The minimum absolute atomic E-state index is 0.0251. The van der Waals surface area contributed by atoms with Gasteiger partial charge in [0, 0.05) is 19.7 Å². The van der Waals surface area contributed by atoms with E-state index in [4.69, 9.17) is 14.2 Å². The lowest BCUT2D eigenvalue weighted by molar-refractivity contribution is -0.161. The van der Waals surface area contributed by atoms with Crippen LogP contribution in [0.4, 0.5) is 18.9 Å². The normalized spacial score (nSPS) is 19.1. The van der Waals surface area contributed by atoms with Crippen LogP contribution in [0.15, 0.2) is 96.1 Å². The van der Waals surface area contributed by atoms with Gasteiger partial charge in [-0.2, -0.15) is 13.2 Å². The third-order valence-corrected chi connectivity index (χ3v) is 9.66. The van der Waals surface area contributed by atoms with Crippen LogP contribution in [0.1, 0.15) is 65.0 Å². The van der Waals surface area contributed by atoms with E-state index in [0.717, 1.165) is 29.7 Å². The van der Waals surface area contributed by atoms with Gasteiger partial charge in [-0.1, -0.05) is 55.5 Å². The Morgan fingerprint density at radius 3 is 2.37 bits per heavy atom. The molecule has 0 fully saturated rings. The average Bonchev–Trinajstić information content (AvgIpc) is 3.51. The maximum absolute atomic E-state index is 13.8. The van der Waals surface area contributed by atoms with Gasteiger partial charge in [0.2, 0.25) is 0 Å². The molecular weight excluding hydrogens is 701 g/mol. The highest BCUT2D eigenvalue weighted by Crippen LogP contribution is 2.49. The predicted octanol–water partition coefficient (Wildman–Crippen LogP) is 8.21. The number of nitrogens with one attached hydrogen (secondary N) is 1. The summed E-state index contributed by atoms with van der Waals surface area (Å²) in [5.41, 5.74) is 1.34. The molecule has 2 aliphatic carbocycles. The number of hydrogen-bond acceptors (Lipinski definition) is 7. The summed E-state index contributed by atoms with van der Waals surface area (Å²) in [7, 11) is 4.47. The Hall–Kier alpha value is -5.65. The number of allylic oxidation sites excluding steroid dienone is 5. The fourth-order valence-corrected chi connectivity index (χ4v) is 7.08. The maximum Gasteiger partial charge on any atom is 0.416 e. The van der Waals surface area contributed by atoms with E-state index in [0.29, 0.717) is 24.0 Å². The topological polar surface area (TPSA) is 111 Å². The van der Waals surface area contributed by atoms with E-state index in [1.807, 2.05) is 31.2 Å². The molecule has 12 heteroatoms. The number of nitrogens with zero attached hydrogens (tertiary/aromatic N) is 1. The molecule has 0 saturated heterocycles. The van der Waals surface area contributed by atoms with Crippen molar-refractivity contribution < 1.29 is 46.6 Å². The molecule has 0 bridgehead atoms. The van der Waals surface area contributed by atoms with Crippen LogP contribution >= 0.6 is 0 Å². The smallest absolute Gasteiger partial charge is 0.416 e. The van der Waals surface area contributed by atoms with Crippen molar-refractivity contribution in [2.45, 2.75) is 45.7 Å². The fourth-order valence-electron chi connectivity index (χ4n) is 7.08. The van der Waals surface area contributed by atoms with Crippen LogP contribution in [-0.4, -0.2) is 63.1 Å². The molecule has 9 nitrogen and oxygen atoms in total. The Kier molecular flexibility index (Phi) is 12.1. The van der Waals surface area contributed by atoms with Gasteiger partial charge in [-0.05, 0) is 90.8 Å². The molecular formula is C42H43F3N2O7. The zero-order valence-corrected chi connectivity index (χ0v) is 30.8. The van der Waals surface area contributed by atoms with Crippen molar-refractivity contribution in [3.05, 3.63) is 118 Å². The summed E-state index contributed by atoms with van der Waals surface area (Å²) in [5, 5.41) is 2.77. The van der Waals surface area contributed by atoms with E-state index in [9.17, 15) is 32.3 Å². The number of rotatable bonds is 11. The lowest BCUT2D eigenvalue weighted by Gasteiger charge is -2.33. The first kappa shape index (κ1) is 39.6. The zero-order valence-electron chi connectivity index (χ0n) is 30.8. The van der Waals surface area contributed by atoms with E-state index in [1.54, 1.807) is 39.2 Å². The molecule has 284 valence electrons. The number of esters is 2. The molecule has 0 spiro atoms. The van der Waals surface area contributed by atoms with Crippen molar-refractivity contribution in [2.24, 2.45) is 11.3 Å². The molecule has 0 radical (unpaired) electrons. The number of methoxy groups -OCH3 is 1. The van der Waals surface area contributed by atoms with Gasteiger partial charge in [0.05, 0.1) is 42.5 Å². The highest BCUT2D eigenvalue weighted by molar-refractivity contribution is 6.12. The lowest BCUT2D eigenvalue weighted by Crippen LogP contribution is -2.40. The Balaban J connectivity index is 1.39. The Labute approximate surface area is 312 Å². The quantitative estimate of drug-likeness (QED) is 0.197. The first-order chi connectivity index (χ1) is 25.7. The Bertz CT molecular complexity index is 2010. The number of benzene rings is 3. The molecule has 1 N–H and O–H groups in total. The monoisotopic (exact) mass is 744 g/mol. The van der Waals surface area contributed by atoms with Gasteiger partial charge in [-0.15, -0.1) is 0 Å². The van der Waals surface area contributed by atoms with Gasteiger partial charge >= 0.3 is 18.1 Å². The van der Waals surface area contributed by atoms with Crippen LogP contribution in [0.3, 0.4) is 0 Å². The SMILES string of the molecule is CCOC(=O)C1(COC(=O)Cc2ccc(NC(=O)c3cccc(OC)c3-c3ccc(C(F)(F)F)cc3)c(C(=O)N(C)C)c2)CCC2=C1C(C)C/C=C/C=C\2. The molecule has 0 aliphatic heterocycles. The fraction of sp³-hybridized carbons (Fsp3) is 0.333. The zero-order chi connectivity index (χ0) is 39.2. The molecule has 3 aromatic carbocycles. The minimum Gasteiger partial charge on any atom is -0.496 e. The summed E-state index contributed by atoms with van der Waals surface area (Å²) >= 11 is 0. The van der Waals surface area contributed by atoms with Gasteiger partial charge < -0.3 is 24.4 Å². The summed E-state index contributed by atoms with van der Waals surface area (Å²) in [5.74, 6) is -1.86. The molecule has 2 amide bonds. The molecule has 2 aliphatic rings. The molecule has 3 aromatic rings. The highest BCUT2D eigenvalue weighted by atomic mass is 19.4. The second-order valence-electron chi connectivity index (χ2n) is 13.5. The van der Waals surface area contributed by atoms with Crippen molar-refractivity contribution in [2.75, 3.05) is 39.7 Å². The summed E-state index contributed by atoms with van der Waals surface area (Å²) in [6.45, 7) is 3.78. The van der Waals surface area contributed by atoms with E-state index in [2.05, 4.69) is 5.32 Å². The van der Waals surface area contributed by atoms with Crippen LogP contribution in [0.5, 0.6) is 5.75 Å². The molecule has 0 saturated carbocycles. The second kappa shape index (κ2) is 16.6. The summed E-state index contributed by atoms with van der Waals surface area (Å²) < 4.78 is 56.6. The first-order valence-corrected chi connectivity index (χ1v) is 17.6.